The van der Waals surface area contributed by atoms with E-state index < -0.39 is 13.1 Å². The number of carbonyl (C=O) groups excluding carboxylic acids is 1. The Morgan fingerprint density at radius 3 is 1.54 bits per heavy atom. The molecule has 26 heavy (non-hydrogen) atoms. The summed E-state index contributed by atoms with van der Waals surface area (Å²) in [4.78, 5) is 12.9. The second-order valence-corrected chi connectivity index (χ2v) is 7.74. The highest BCUT2D eigenvalue weighted by Crippen LogP contribution is 2.51. The molecule has 0 unspecified atom stereocenters. The van der Waals surface area contributed by atoms with Crippen molar-refractivity contribution in [2.75, 3.05) is 0 Å². The first-order valence-electron chi connectivity index (χ1n) is 8.19. The molecule has 0 spiro atoms. The van der Waals surface area contributed by atoms with Gasteiger partial charge in [0.15, 0.2) is 0 Å². The molecule has 0 saturated carbocycles. The van der Waals surface area contributed by atoms with Crippen molar-refractivity contribution in [2.24, 2.45) is 0 Å². The van der Waals surface area contributed by atoms with Gasteiger partial charge in [-0.2, -0.15) is 0 Å². The predicted octanol–water partition coefficient (Wildman–Crippen LogP) is 5.79. The zero-order valence-electron chi connectivity index (χ0n) is 14.6. The first-order chi connectivity index (χ1) is 12.5. The summed E-state index contributed by atoms with van der Waals surface area (Å²) in [5, 5.41) is 0. The van der Waals surface area contributed by atoms with Gasteiger partial charge in [-0.05, 0) is 38.1 Å². The zero-order chi connectivity index (χ0) is 18.6. The van der Waals surface area contributed by atoms with Crippen LogP contribution in [0.2, 0.25) is 0 Å². The maximum atomic E-state index is 13.4. The van der Waals surface area contributed by atoms with E-state index in [2.05, 4.69) is 0 Å². The van der Waals surface area contributed by atoms with Gasteiger partial charge in [0.05, 0.1) is 0 Å². The van der Waals surface area contributed by atoms with E-state index in [1.54, 1.807) is 54.6 Å². The van der Waals surface area contributed by atoms with Gasteiger partial charge in [0.1, 0.15) is 11.5 Å². The minimum atomic E-state index is -4.15. The summed E-state index contributed by atoms with van der Waals surface area (Å²) < 4.78 is 24.6. The maximum Gasteiger partial charge on any atom is 0.503 e. The number of benzene rings is 3. The van der Waals surface area contributed by atoms with Gasteiger partial charge in [0.2, 0.25) is 0 Å². The summed E-state index contributed by atoms with van der Waals surface area (Å²) in [6, 6.07) is 22.3. The van der Waals surface area contributed by atoms with Crippen molar-refractivity contribution >= 4 is 13.1 Å². The highest BCUT2D eigenvalue weighted by Gasteiger charge is 2.39. The molecule has 0 aliphatic carbocycles. The summed E-state index contributed by atoms with van der Waals surface area (Å²) >= 11 is 0. The average molecular weight is 366 g/mol. The first-order valence-corrected chi connectivity index (χ1v) is 9.73. The molecular formula is C21H19O4P. The number of rotatable bonds is 6. The normalized spacial score (nSPS) is 11.0. The van der Waals surface area contributed by atoms with Gasteiger partial charge >= 0.3 is 7.60 Å². The van der Waals surface area contributed by atoms with E-state index in [1.807, 2.05) is 38.1 Å². The van der Waals surface area contributed by atoms with Gasteiger partial charge in [-0.1, -0.05) is 65.7 Å². The number of carbonyl (C=O) groups is 1. The lowest BCUT2D eigenvalue weighted by atomic mass is 10.2. The van der Waals surface area contributed by atoms with Gasteiger partial charge in [-0.15, -0.1) is 0 Å². The summed E-state index contributed by atoms with van der Waals surface area (Å²) in [5.74, 6) is 0.630. The van der Waals surface area contributed by atoms with E-state index in [4.69, 9.17) is 9.05 Å². The van der Waals surface area contributed by atoms with Crippen LogP contribution in [0, 0.1) is 13.8 Å². The van der Waals surface area contributed by atoms with Gasteiger partial charge in [0.25, 0.3) is 5.52 Å². The molecule has 0 radical (unpaired) electrons. The molecule has 0 aliphatic rings. The Bertz CT molecular complexity index is 881. The SMILES string of the molecule is Cc1ccc(OP(=O)(Oc2ccc(C)cc2)C(=O)c2ccccc2)cc1. The summed E-state index contributed by atoms with van der Waals surface area (Å²) in [6.45, 7) is 3.86. The van der Waals surface area contributed by atoms with E-state index in [0.29, 0.717) is 11.5 Å². The molecule has 0 aromatic heterocycles. The van der Waals surface area contributed by atoms with Crippen LogP contribution < -0.4 is 9.05 Å². The molecule has 3 rings (SSSR count). The van der Waals surface area contributed by atoms with Crippen LogP contribution in [0.1, 0.15) is 21.5 Å². The van der Waals surface area contributed by atoms with Crippen molar-refractivity contribution in [1.82, 2.24) is 0 Å². The van der Waals surface area contributed by atoms with E-state index in [-0.39, 0.29) is 5.56 Å². The highest BCUT2D eigenvalue weighted by molar-refractivity contribution is 7.73. The van der Waals surface area contributed by atoms with Crippen LogP contribution in [-0.4, -0.2) is 5.52 Å². The quantitative estimate of drug-likeness (QED) is 0.518. The van der Waals surface area contributed by atoms with E-state index in [9.17, 15) is 9.36 Å². The van der Waals surface area contributed by atoms with Crippen LogP contribution >= 0.6 is 7.60 Å². The molecule has 0 N–H and O–H groups in total. The molecule has 3 aromatic carbocycles. The molecule has 4 nitrogen and oxygen atoms in total. The van der Waals surface area contributed by atoms with Crippen molar-refractivity contribution in [2.45, 2.75) is 13.8 Å². The Labute approximate surface area is 152 Å². The van der Waals surface area contributed by atoms with Crippen molar-refractivity contribution in [3.63, 3.8) is 0 Å². The van der Waals surface area contributed by atoms with Crippen LogP contribution in [0.15, 0.2) is 78.9 Å². The third kappa shape index (κ3) is 4.22. The third-order valence-electron chi connectivity index (χ3n) is 3.76. The largest absolute Gasteiger partial charge is 0.503 e. The molecular weight excluding hydrogens is 347 g/mol. The fraction of sp³-hybridized carbons (Fsp3) is 0.0952. The summed E-state index contributed by atoms with van der Waals surface area (Å²) in [5.41, 5.74) is 1.65. The Morgan fingerprint density at radius 1 is 0.692 bits per heavy atom. The van der Waals surface area contributed by atoms with E-state index in [1.165, 1.54) is 0 Å². The molecule has 0 amide bonds. The Balaban J connectivity index is 1.96. The fourth-order valence-corrected chi connectivity index (χ4v) is 3.78. The maximum absolute atomic E-state index is 13.4. The number of aryl methyl sites for hydroxylation is 2. The minimum absolute atomic E-state index is 0.273. The van der Waals surface area contributed by atoms with Crippen LogP contribution in [0.4, 0.5) is 0 Å². The molecule has 0 aliphatic heterocycles. The second-order valence-electron chi connectivity index (χ2n) is 5.98. The standard InChI is InChI=1S/C21H19O4P/c1-16-8-12-19(13-9-16)24-26(23,21(22)18-6-4-3-5-7-18)25-20-14-10-17(2)11-15-20/h3-15H,1-2H3. The van der Waals surface area contributed by atoms with Crippen LogP contribution in [-0.2, 0) is 4.57 Å². The van der Waals surface area contributed by atoms with Crippen LogP contribution in [0.5, 0.6) is 11.5 Å². The van der Waals surface area contributed by atoms with Crippen molar-refractivity contribution in [3.05, 3.63) is 95.6 Å². The Hall–Kier alpha value is -2.84. The topological polar surface area (TPSA) is 52.6 Å². The smallest absolute Gasteiger partial charge is 0.411 e. The van der Waals surface area contributed by atoms with E-state index >= 15 is 0 Å². The van der Waals surface area contributed by atoms with Crippen molar-refractivity contribution in [1.29, 1.82) is 0 Å². The minimum Gasteiger partial charge on any atom is -0.411 e. The second kappa shape index (κ2) is 7.59. The average Bonchev–Trinajstić information content (AvgIpc) is 2.66. The predicted molar refractivity (Wildman–Crippen MR) is 102 cm³/mol. The summed E-state index contributed by atoms with van der Waals surface area (Å²) in [6.07, 6.45) is 0. The van der Waals surface area contributed by atoms with Gasteiger partial charge in [-0.3, -0.25) is 4.79 Å². The Kier molecular flexibility index (Phi) is 5.24. The van der Waals surface area contributed by atoms with Gasteiger partial charge in [-0.25, -0.2) is 4.57 Å². The van der Waals surface area contributed by atoms with Crippen molar-refractivity contribution in [3.8, 4) is 11.5 Å². The molecule has 0 bridgehead atoms. The molecule has 0 saturated heterocycles. The van der Waals surface area contributed by atoms with Crippen LogP contribution in [0.3, 0.4) is 0 Å². The lowest BCUT2D eigenvalue weighted by Crippen LogP contribution is -2.12. The monoisotopic (exact) mass is 366 g/mol. The number of hydrogen-bond acceptors (Lipinski definition) is 4. The van der Waals surface area contributed by atoms with Crippen molar-refractivity contribution < 1.29 is 18.4 Å². The molecule has 132 valence electrons. The van der Waals surface area contributed by atoms with Crippen LogP contribution in [0.25, 0.3) is 0 Å². The molecule has 0 heterocycles. The lowest BCUT2D eigenvalue weighted by molar-refractivity contribution is 0.104. The fourth-order valence-electron chi connectivity index (χ4n) is 2.32. The highest BCUT2D eigenvalue weighted by atomic mass is 31.2. The molecule has 3 aromatic rings. The molecule has 0 atom stereocenters. The zero-order valence-corrected chi connectivity index (χ0v) is 15.5. The molecule has 0 fully saturated rings. The molecule has 5 heteroatoms. The lowest BCUT2D eigenvalue weighted by Gasteiger charge is -2.19. The summed E-state index contributed by atoms with van der Waals surface area (Å²) in [7, 11) is -4.15. The Morgan fingerprint density at radius 2 is 1.12 bits per heavy atom. The number of hydrogen-bond donors (Lipinski definition) is 0. The van der Waals surface area contributed by atoms with Gasteiger partial charge in [0, 0.05) is 5.56 Å². The van der Waals surface area contributed by atoms with Gasteiger partial charge < -0.3 is 9.05 Å². The third-order valence-corrected chi connectivity index (χ3v) is 5.42. The first kappa shape index (κ1) is 18.0. The van der Waals surface area contributed by atoms with E-state index in [0.717, 1.165) is 11.1 Å².